The highest BCUT2D eigenvalue weighted by atomic mass is 16.5. The summed E-state index contributed by atoms with van der Waals surface area (Å²) in [5.74, 6) is -0.551. The average molecular weight is 314 g/mol. The van der Waals surface area contributed by atoms with Gasteiger partial charge in [0, 0.05) is 11.9 Å². The molecule has 0 aliphatic carbocycles. The van der Waals surface area contributed by atoms with E-state index in [2.05, 4.69) is 17.2 Å². The second-order valence-corrected chi connectivity index (χ2v) is 5.31. The first-order valence-electron chi connectivity index (χ1n) is 7.92. The Labute approximate surface area is 136 Å². The first kappa shape index (κ1) is 16.8. The number of hydrogen-bond acceptors (Lipinski definition) is 3. The number of aromatic nitrogens is 1. The second-order valence-electron chi connectivity index (χ2n) is 5.31. The van der Waals surface area contributed by atoms with Crippen LogP contribution in [0, 0.1) is 0 Å². The Morgan fingerprint density at radius 2 is 1.87 bits per heavy atom. The molecule has 1 amide bonds. The van der Waals surface area contributed by atoms with Crippen molar-refractivity contribution in [1.29, 1.82) is 0 Å². The summed E-state index contributed by atoms with van der Waals surface area (Å²) in [6.07, 6.45) is 5.97. The van der Waals surface area contributed by atoms with E-state index in [9.17, 15) is 9.59 Å². The fraction of sp³-hybridized carbons (Fsp3) is 0.333. The maximum absolute atomic E-state index is 11.9. The van der Waals surface area contributed by atoms with Crippen LogP contribution in [-0.2, 0) is 4.74 Å². The minimum atomic E-state index is -0.330. The van der Waals surface area contributed by atoms with Crippen molar-refractivity contribution in [3.05, 3.63) is 53.9 Å². The Morgan fingerprint density at radius 1 is 1.09 bits per heavy atom. The standard InChI is InChI=1S/C18H22N2O3/c1-2-3-4-5-13-23-18(22)14-8-10-15(11-9-14)20-17(21)16-7-6-12-19-16/h6-12,19H,2-5,13H2,1H3,(H,20,21). The number of esters is 1. The van der Waals surface area contributed by atoms with Gasteiger partial charge in [0.1, 0.15) is 5.69 Å². The first-order valence-corrected chi connectivity index (χ1v) is 7.92. The Morgan fingerprint density at radius 3 is 2.52 bits per heavy atom. The van der Waals surface area contributed by atoms with E-state index in [4.69, 9.17) is 4.74 Å². The fourth-order valence-corrected chi connectivity index (χ4v) is 2.14. The van der Waals surface area contributed by atoms with Crippen LogP contribution in [0.4, 0.5) is 5.69 Å². The van der Waals surface area contributed by atoms with Crippen LogP contribution < -0.4 is 5.32 Å². The van der Waals surface area contributed by atoms with Gasteiger partial charge in [-0.2, -0.15) is 0 Å². The minimum absolute atomic E-state index is 0.221. The smallest absolute Gasteiger partial charge is 0.338 e. The molecule has 0 aliphatic rings. The van der Waals surface area contributed by atoms with Gasteiger partial charge in [0.2, 0.25) is 0 Å². The fourth-order valence-electron chi connectivity index (χ4n) is 2.14. The predicted molar refractivity (Wildman–Crippen MR) is 89.6 cm³/mol. The third-order valence-electron chi connectivity index (χ3n) is 3.45. The van der Waals surface area contributed by atoms with Crippen LogP contribution in [0.3, 0.4) is 0 Å². The summed E-state index contributed by atoms with van der Waals surface area (Å²) in [7, 11) is 0. The van der Waals surface area contributed by atoms with Crippen molar-refractivity contribution in [2.24, 2.45) is 0 Å². The summed E-state index contributed by atoms with van der Waals surface area (Å²) in [4.78, 5) is 26.6. The molecule has 5 nitrogen and oxygen atoms in total. The van der Waals surface area contributed by atoms with E-state index in [0.717, 1.165) is 25.7 Å². The van der Waals surface area contributed by atoms with Gasteiger partial charge in [-0.3, -0.25) is 4.79 Å². The highest BCUT2D eigenvalue weighted by Gasteiger charge is 2.09. The molecular weight excluding hydrogens is 292 g/mol. The normalized spacial score (nSPS) is 10.3. The van der Waals surface area contributed by atoms with E-state index in [0.29, 0.717) is 23.6 Å². The van der Waals surface area contributed by atoms with Crippen molar-refractivity contribution in [1.82, 2.24) is 4.98 Å². The average Bonchev–Trinajstić information content (AvgIpc) is 3.10. The monoisotopic (exact) mass is 314 g/mol. The summed E-state index contributed by atoms with van der Waals surface area (Å²) >= 11 is 0. The number of carbonyl (C=O) groups excluding carboxylic acids is 2. The Kier molecular flexibility index (Phi) is 6.41. The van der Waals surface area contributed by atoms with Gasteiger partial charge in [-0.25, -0.2) is 4.79 Å². The lowest BCUT2D eigenvalue weighted by molar-refractivity contribution is 0.0498. The summed E-state index contributed by atoms with van der Waals surface area (Å²) in [5, 5.41) is 2.75. The Bertz CT molecular complexity index is 618. The highest BCUT2D eigenvalue weighted by Crippen LogP contribution is 2.12. The van der Waals surface area contributed by atoms with Crippen molar-refractivity contribution in [3.8, 4) is 0 Å². The van der Waals surface area contributed by atoms with Gasteiger partial charge in [-0.1, -0.05) is 26.2 Å². The number of carbonyl (C=O) groups is 2. The van der Waals surface area contributed by atoms with Crippen molar-refractivity contribution in [2.75, 3.05) is 11.9 Å². The number of H-pyrrole nitrogens is 1. The Balaban J connectivity index is 1.81. The molecule has 2 aromatic rings. The number of nitrogens with one attached hydrogen (secondary N) is 2. The molecule has 0 fully saturated rings. The Hall–Kier alpha value is -2.56. The topological polar surface area (TPSA) is 71.2 Å². The van der Waals surface area contributed by atoms with Gasteiger partial charge < -0.3 is 15.0 Å². The molecule has 0 saturated carbocycles. The summed E-state index contributed by atoms with van der Waals surface area (Å²) in [5.41, 5.74) is 1.60. The largest absolute Gasteiger partial charge is 0.462 e. The minimum Gasteiger partial charge on any atom is -0.462 e. The zero-order valence-corrected chi connectivity index (χ0v) is 13.3. The molecule has 122 valence electrons. The molecule has 0 saturated heterocycles. The first-order chi connectivity index (χ1) is 11.2. The van der Waals surface area contributed by atoms with Gasteiger partial charge in [0.05, 0.1) is 12.2 Å². The molecule has 23 heavy (non-hydrogen) atoms. The van der Waals surface area contributed by atoms with Crippen molar-refractivity contribution in [2.45, 2.75) is 32.6 Å². The van der Waals surface area contributed by atoms with Crippen LogP contribution in [0.5, 0.6) is 0 Å². The molecule has 2 rings (SSSR count). The van der Waals surface area contributed by atoms with Crippen molar-refractivity contribution >= 4 is 17.6 Å². The van der Waals surface area contributed by atoms with Gasteiger partial charge >= 0.3 is 5.97 Å². The molecule has 1 heterocycles. The highest BCUT2D eigenvalue weighted by molar-refractivity contribution is 6.03. The van der Waals surface area contributed by atoms with E-state index >= 15 is 0 Å². The predicted octanol–water partition coefficient (Wildman–Crippen LogP) is 4.00. The van der Waals surface area contributed by atoms with Gasteiger partial charge in [-0.15, -0.1) is 0 Å². The van der Waals surface area contributed by atoms with Crippen LogP contribution in [-0.4, -0.2) is 23.5 Å². The van der Waals surface area contributed by atoms with E-state index < -0.39 is 0 Å². The molecule has 0 radical (unpaired) electrons. The number of aromatic amines is 1. The molecule has 0 unspecified atom stereocenters. The van der Waals surface area contributed by atoms with Crippen molar-refractivity contribution < 1.29 is 14.3 Å². The quantitative estimate of drug-likeness (QED) is 0.571. The summed E-state index contributed by atoms with van der Waals surface area (Å²) in [6.45, 7) is 2.59. The molecule has 0 atom stereocenters. The molecular formula is C18H22N2O3. The maximum Gasteiger partial charge on any atom is 0.338 e. The molecule has 1 aromatic carbocycles. The van der Waals surface area contributed by atoms with Gasteiger partial charge in [-0.05, 0) is 42.8 Å². The summed E-state index contributed by atoms with van der Waals surface area (Å²) in [6, 6.07) is 10.1. The number of ether oxygens (including phenoxy) is 1. The summed E-state index contributed by atoms with van der Waals surface area (Å²) < 4.78 is 5.22. The number of amides is 1. The van der Waals surface area contributed by atoms with E-state index in [1.54, 1.807) is 42.6 Å². The number of anilines is 1. The van der Waals surface area contributed by atoms with Crippen molar-refractivity contribution in [3.63, 3.8) is 0 Å². The molecule has 0 spiro atoms. The van der Waals surface area contributed by atoms with Crippen LogP contribution in [0.1, 0.15) is 53.5 Å². The number of hydrogen-bond donors (Lipinski definition) is 2. The lowest BCUT2D eigenvalue weighted by Gasteiger charge is -2.07. The van der Waals surface area contributed by atoms with E-state index in [1.165, 1.54) is 0 Å². The SMILES string of the molecule is CCCCCCOC(=O)c1ccc(NC(=O)c2ccc[nH]2)cc1. The number of rotatable bonds is 8. The van der Waals surface area contributed by atoms with Crippen LogP contribution in [0.15, 0.2) is 42.6 Å². The van der Waals surface area contributed by atoms with E-state index in [-0.39, 0.29) is 11.9 Å². The third-order valence-corrected chi connectivity index (χ3v) is 3.45. The maximum atomic E-state index is 11.9. The zero-order valence-electron chi connectivity index (χ0n) is 13.3. The zero-order chi connectivity index (χ0) is 16.5. The van der Waals surface area contributed by atoms with Crippen LogP contribution in [0.25, 0.3) is 0 Å². The second kappa shape index (κ2) is 8.78. The number of benzene rings is 1. The number of unbranched alkanes of at least 4 members (excludes halogenated alkanes) is 3. The van der Waals surface area contributed by atoms with Crippen LogP contribution in [0.2, 0.25) is 0 Å². The lowest BCUT2D eigenvalue weighted by Crippen LogP contribution is -2.12. The van der Waals surface area contributed by atoms with Crippen LogP contribution >= 0.6 is 0 Å². The van der Waals surface area contributed by atoms with Gasteiger partial charge in [0.15, 0.2) is 0 Å². The van der Waals surface area contributed by atoms with Gasteiger partial charge in [0.25, 0.3) is 5.91 Å². The molecule has 0 aliphatic heterocycles. The molecule has 0 bridgehead atoms. The molecule has 5 heteroatoms. The molecule has 1 aromatic heterocycles. The van der Waals surface area contributed by atoms with E-state index in [1.807, 2.05) is 0 Å². The lowest BCUT2D eigenvalue weighted by atomic mass is 10.2. The third kappa shape index (κ3) is 5.29. The molecule has 2 N–H and O–H groups in total.